The van der Waals surface area contributed by atoms with Crippen LogP contribution in [0, 0.1) is 11.3 Å². The fourth-order valence-corrected chi connectivity index (χ4v) is 3.27. The number of nitrogens with one attached hydrogen (secondary N) is 1. The van der Waals surface area contributed by atoms with Crippen molar-refractivity contribution >= 4 is 45.2 Å². The molecule has 3 aromatic rings. The van der Waals surface area contributed by atoms with E-state index in [4.69, 9.17) is 11.6 Å². The minimum Gasteiger partial charge on any atom is -0.321 e. The summed E-state index contributed by atoms with van der Waals surface area (Å²) in [7, 11) is 0. The molecule has 0 saturated heterocycles. The van der Waals surface area contributed by atoms with Gasteiger partial charge in [-0.3, -0.25) is 4.79 Å². The van der Waals surface area contributed by atoms with Crippen molar-refractivity contribution in [2.45, 2.75) is 6.42 Å². The van der Waals surface area contributed by atoms with Gasteiger partial charge in [0.25, 0.3) is 5.91 Å². The van der Waals surface area contributed by atoms with Gasteiger partial charge in [-0.25, -0.2) is 0 Å². The Kier molecular flexibility index (Phi) is 6.65. The molecule has 3 aromatic carbocycles. The highest BCUT2D eigenvalue weighted by molar-refractivity contribution is 9.10. The van der Waals surface area contributed by atoms with Crippen molar-refractivity contribution in [3.63, 3.8) is 0 Å². The van der Waals surface area contributed by atoms with E-state index in [1.165, 1.54) is 0 Å². The number of rotatable bonds is 5. The van der Waals surface area contributed by atoms with E-state index in [1.54, 1.807) is 30.3 Å². The Hall–Kier alpha value is -2.87. The highest BCUT2D eigenvalue weighted by Gasteiger charge is 2.11. The van der Waals surface area contributed by atoms with E-state index in [0.29, 0.717) is 17.1 Å². The van der Waals surface area contributed by atoms with E-state index < -0.39 is 5.91 Å². The Balaban J connectivity index is 1.86. The van der Waals surface area contributed by atoms with Crippen molar-refractivity contribution in [1.29, 1.82) is 5.26 Å². The predicted octanol–water partition coefficient (Wildman–Crippen LogP) is 6.24. The minimum atomic E-state index is -0.458. The van der Waals surface area contributed by atoms with E-state index in [2.05, 4.69) is 21.2 Å². The highest BCUT2D eigenvalue weighted by Crippen LogP contribution is 2.23. The van der Waals surface area contributed by atoms with E-state index in [0.717, 1.165) is 21.2 Å². The van der Waals surface area contributed by atoms with Crippen molar-refractivity contribution < 1.29 is 4.79 Å². The van der Waals surface area contributed by atoms with Crippen molar-refractivity contribution in [3.8, 4) is 6.07 Å². The van der Waals surface area contributed by atoms with Crippen LogP contribution in [0.5, 0.6) is 0 Å². The second-order valence-electron chi connectivity index (χ2n) is 6.10. The lowest BCUT2D eigenvalue weighted by Crippen LogP contribution is -2.13. The molecule has 5 heteroatoms. The van der Waals surface area contributed by atoms with Gasteiger partial charge in [0.05, 0.1) is 0 Å². The molecule has 0 aliphatic carbocycles. The molecule has 0 radical (unpaired) electrons. The summed E-state index contributed by atoms with van der Waals surface area (Å²) in [5.41, 5.74) is 3.61. The van der Waals surface area contributed by atoms with Crippen LogP contribution in [0.2, 0.25) is 5.02 Å². The Bertz CT molecular complexity index is 1070. The van der Waals surface area contributed by atoms with Crippen LogP contribution in [0.1, 0.15) is 16.7 Å². The second-order valence-corrected chi connectivity index (χ2v) is 7.39. The van der Waals surface area contributed by atoms with Gasteiger partial charge in [0.15, 0.2) is 0 Å². The number of hydrogen-bond donors (Lipinski definition) is 1. The second kappa shape index (κ2) is 9.36. The Labute approximate surface area is 177 Å². The maximum atomic E-state index is 12.5. The molecule has 3 nitrogen and oxygen atoms in total. The van der Waals surface area contributed by atoms with Gasteiger partial charge in [-0.15, -0.1) is 0 Å². The zero-order chi connectivity index (χ0) is 19.9. The summed E-state index contributed by atoms with van der Waals surface area (Å²) in [5.74, 6) is -0.458. The zero-order valence-corrected chi connectivity index (χ0v) is 17.2. The number of benzene rings is 3. The molecule has 3 rings (SSSR count). The van der Waals surface area contributed by atoms with Gasteiger partial charge in [0.1, 0.15) is 11.6 Å². The first-order chi connectivity index (χ1) is 13.6. The van der Waals surface area contributed by atoms with Crippen LogP contribution in [0.4, 0.5) is 5.69 Å². The summed E-state index contributed by atoms with van der Waals surface area (Å²) in [6.45, 7) is 0. The average molecular weight is 452 g/mol. The number of nitrogens with zero attached hydrogens (tertiary/aromatic N) is 1. The van der Waals surface area contributed by atoms with Crippen LogP contribution >= 0.6 is 27.5 Å². The van der Waals surface area contributed by atoms with Crippen LogP contribution in [0.25, 0.3) is 6.08 Å². The third kappa shape index (κ3) is 5.10. The topological polar surface area (TPSA) is 52.9 Å². The summed E-state index contributed by atoms with van der Waals surface area (Å²) in [4.78, 5) is 12.5. The molecule has 0 unspecified atom stereocenters. The molecular weight excluding hydrogens is 436 g/mol. The lowest BCUT2D eigenvalue weighted by molar-refractivity contribution is -0.112. The van der Waals surface area contributed by atoms with Gasteiger partial charge in [-0.2, -0.15) is 5.26 Å². The van der Waals surface area contributed by atoms with E-state index in [-0.39, 0.29) is 5.57 Å². The Morgan fingerprint density at radius 2 is 1.64 bits per heavy atom. The molecule has 0 aliphatic rings. The van der Waals surface area contributed by atoms with Gasteiger partial charge in [0.2, 0.25) is 0 Å². The summed E-state index contributed by atoms with van der Waals surface area (Å²) < 4.78 is 1.02. The third-order valence-corrected chi connectivity index (χ3v) is 5.19. The van der Waals surface area contributed by atoms with Gasteiger partial charge in [-0.05, 0) is 59.5 Å². The molecule has 0 aromatic heterocycles. The molecular formula is C23H16BrClN2O. The molecule has 0 saturated carbocycles. The Morgan fingerprint density at radius 1 is 1.00 bits per heavy atom. The predicted molar refractivity (Wildman–Crippen MR) is 117 cm³/mol. The van der Waals surface area contributed by atoms with E-state index >= 15 is 0 Å². The normalized spacial score (nSPS) is 11.0. The van der Waals surface area contributed by atoms with Crippen molar-refractivity contribution in [1.82, 2.24) is 0 Å². The molecule has 0 atom stereocenters. The van der Waals surface area contributed by atoms with E-state index in [9.17, 15) is 10.1 Å². The first-order valence-corrected chi connectivity index (χ1v) is 9.74. The van der Waals surface area contributed by atoms with Gasteiger partial charge in [-0.1, -0.05) is 70.0 Å². The molecule has 0 bridgehead atoms. The molecule has 138 valence electrons. The van der Waals surface area contributed by atoms with Crippen LogP contribution in [-0.2, 0) is 11.2 Å². The number of amides is 1. The number of halogens is 2. The highest BCUT2D eigenvalue weighted by atomic mass is 79.9. The van der Waals surface area contributed by atoms with Crippen LogP contribution < -0.4 is 5.32 Å². The standard InChI is InChI=1S/C23H16BrClN2O/c24-22-8-4-3-7-18(22)13-16-5-1-2-6-17(16)14-19(15-26)23(28)27-21-11-9-20(25)10-12-21/h1-12,14H,13H2,(H,27,28)/b19-14+. The maximum Gasteiger partial charge on any atom is 0.266 e. The lowest BCUT2D eigenvalue weighted by atomic mass is 9.98. The van der Waals surface area contributed by atoms with Gasteiger partial charge >= 0.3 is 0 Å². The van der Waals surface area contributed by atoms with Crippen LogP contribution in [0.15, 0.2) is 82.8 Å². The molecule has 0 aliphatic heterocycles. The summed E-state index contributed by atoms with van der Waals surface area (Å²) in [6, 6.07) is 24.5. The minimum absolute atomic E-state index is 0.0366. The molecule has 0 heterocycles. The number of hydrogen-bond acceptors (Lipinski definition) is 2. The van der Waals surface area contributed by atoms with Crippen molar-refractivity contribution in [2.75, 3.05) is 5.32 Å². The fourth-order valence-electron chi connectivity index (χ4n) is 2.72. The quantitative estimate of drug-likeness (QED) is 0.369. The van der Waals surface area contributed by atoms with Crippen LogP contribution in [-0.4, -0.2) is 5.91 Å². The molecule has 0 spiro atoms. The SMILES string of the molecule is N#C/C(=C\c1ccccc1Cc1ccccc1Br)C(=O)Nc1ccc(Cl)cc1. The number of anilines is 1. The largest absolute Gasteiger partial charge is 0.321 e. The maximum absolute atomic E-state index is 12.5. The van der Waals surface area contributed by atoms with Gasteiger partial charge < -0.3 is 5.32 Å². The Morgan fingerprint density at radius 3 is 2.32 bits per heavy atom. The van der Waals surface area contributed by atoms with Crippen molar-refractivity contribution in [3.05, 3.63) is 105 Å². The average Bonchev–Trinajstić information content (AvgIpc) is 2.70. The third-order valence-electron chi connectivity index (χ3n) is 4.16. The van der Waals surface area contributed by atoms with E-state index in [1.807, 2.05) is 54.6 Å². The summed E-state index contributed by atoms with van der Waals surface area (Å²) >= 11 is 9.43. The summed E-state index contributed by atoms with van der Waals surface area (Å²) in [6.07, 6.45) is 2.31. The van der Waals surface area contributed by atoms with Gasteiger partial charge in [0, 0.05) is 15.2 Å². The number of nitriles is 1. The first-order valence-electron chi connectivity index (χ1n) is 8.57. The lowest BCUT2D eigenvalue weighted by Gasteiger charge is -2.09. The molecule has 1 amide bonds. The zero-order valence-electron chi connectivity index (χ0n) is 14.8. The monoisotopic (exact) mass is 450 g/mol. The summed E-state index contributed by atoms with van der Waals surface area (Å²) in [5, 5.41) is 12.8. The first kappa shape index (κ1) is 19.9. The number of carbonyl (C=O) groups is 1. The van der Waals surface area contributed by atoms with Crippen molar-refractivity contribution in [2.24, 2.45) is 0 Å². The molecule has 1 N–H and O–H groups in total. The van der Waals surface area contributed by atoms with Crippen LogP contribution in [0.3, 0.4) is 0 Å². The number of carbonyl (C=O) groups excluding carboxylic acids is 1. The smallest absolute Gasteiger partial charge is 0.266 e. The molecule has 28 heavy (non-hydrogen) atoms. The fraction of sp³-hybridized carbons (Fsp3) is 0.0435. The molecule has 0 fully saturated rings.